The molecule has 2 aromatic rings. The lowest BCUT2D eigenvalue weighted by Gasteiger charge is -2.13. The van der Waals surface area contributed by atoms with E-state index in [0.29, 0.717) is 25.3 Å². The second-order valence-corrected chi connectivity index (χ2v) is 4.66. The van der Waals surface area contributed by atoms with Gasteiger partial charge in [-0.3, -0.25) is 14.2 Å². The second-order valence-electron chi connectivity index (χ2n) is 4.66. The Hall–Kier alpha value is -1.88. The number of hydrogen-bond donors (Lipinski definition) is 1. The summed E-state index contributed by atoms with van der Waals surface area (Å²) in [5, 5.41) is 0. The van der Waals surface area contributed by atoms with Crippen LogP contribution in [0, 0.1) is 13.8 Å². The molecule has 0 saturated carbocycles. The van der Waals surface area contributed by atoms with E-state index in [0.717, 1.165) is 22.2 Å². The molecule has 1 aliphatic heterocycles. The van der Waals surface area contributed by atoms with Crippen molar-refractivity contribution in [2.75, 3.05) is 6.61 Å². The number of hydrogen-bond acceptors (Lipinski definition) is 3. The molecule has 0 unspecified atom stereocenters. The van der Waals surface area contributed by atoms with E-state index in [4.69, 9.17) is 4.74 Å². The molecule has 5 nitrogen and oxygen atoms in total. The second kappa shape index (κ2) is 3.81. The van der Waals surface area contributed by atoms with E-state index >= 15 is 0 Å². The van der Waals surface area contributed by atoms with Crippen molar-refractivity contribution in [3.63, 3.8) is 0 Å². The Morgan fingerprint density at radius 2 is 2.11 bits per heavy atom. The molecule has 0 aliphatic carbocycles. The molecular formula is C13H14N2O3. The lowest BCUT2D eigenvalue weighted by molar-refractivity contribution is 0.119. The molecule has 0 amide bonds. The van der Waals surface area contributed by atoms with Crippen molar-refractivity contribution >= 4 is 11.0 Å². The first-order valence-corrected chi connectivity index (χ1v) is 5.93. The number of H-pyrrole nitrogens is 1. The minimum Gasteiger partial charge on any atom is -0.375 e. The number of aryl methyl sites for hydroxylation is 1. The summed E-state index contributed by atoms with van der Waals surface area (Å²) >= 11 is 0. The topological polar surface area (TPSA) is 64.1 Å². The van der Waals surface area contributed by atoms with Crippen LogP contribution in [0.1, 0.15) is 16.7 Å². The van der Waals surface area contributed by atoms with E-state index in [9.17, 15) is 9.59 Å². The van der Waals surface area contributed by atoms with Crippen molar-refractivity contribution in [3.8, 4) is 0 Å². The Labute approximate surface area is 103 Å². The third-order valence-corrected chi connectivity index (χ3v) is 3.61. The number of aromatic amines is 1. The number of nitrogens with zero attached hydrogens (tertiary/aromatic N) is 1. The monoisotopic (exact) mass is 246 g/mol. The van der Waals surface area contributed by atoms with Crippen molar-refractivity contribution in [1.82, 2.24) is 9.55 Å². The summed E-state index contributed by atoms with van der Waals surface area (Å²) in [4.78, 5) is 26.2. The van der Waals surface area contributed by atoms with Crippen molar-refractivity contribution in [1.29, 1.82) is 0 Å². The van der Waals surface area contributed by atoms with Gasteiger partial charge in [0, 0.05) is 12.1 Å². The first-order chi connectivity index (χ1) is 8.59. The van der Waals surface area contributed by atoms with Crippen molar-refractivity contribution in [2.45, 2.75) is 27.0 Å². The molecular weight excluding hydrogens is 232 g/mol. The van der Waals surface area contributed by atoms with Gasteiger partial charge in [-0.2, -0.15) is 0 Å². The maximum atomic E-state index is 11.9. The molecule has 1 aliphatic rings. The first-order valence-electron chi connectivity index (χ1n) is 5.93. The Balaban J connectivity index is 2.60. The molecule has 18 heavy (non-hydrogen) atoms. The third kappa shape index (κ3) is 1.44. The van der Waals surface area contributed by atoms with Crippen LogP contribution in [0.4, 0.5) is 0 Å². The van der Waals surface area contributed by atoms with Gasteiger partial charge in [-0.05, 0) is 31.0 Å². The van der Waals surface area contributed by atoms with Crippen LogP contribution in [-0.4, -0.2) is 16.2 Å². The van der Waals surface area contributed by atoms with E-state index in [1.54, 1.807) is 0 Å². The zero-order valence-corrected chi connectivity index (χ0v) is 10.4. The molecule has 0 atom stereocenters. The summed E-state index contributed by atoms with van der Waals surface area (Å²) in [6.07, 6.45) is 0. The smallest absolute Gasteiger partial charge is 0.316 e. The fourth-order valence-corrected chi connectivity index (χ4v) is 2.49. The zero-order chi connectivity index (χ0) is 12.9. The van der Waals surface area contributed by atoms with Gasteiger partial charge in [0.15, 0.2) is 0 Å². The maximum absolute atomic E-state index is 11.9. The zero-order valence-electron chi connectivity index (χ0n) is 10.4. The molecule has 1 aromatic carbocycles. The summed E-state index contributed by atoms with van der Waals surface area (Å²) < 4.78 is 7.05. The predicted octanol–water partition coefficient (Wildman–Crippen LogP) is 0.837. The van der Waals surface area contributed by atoms with E-state index < -0.39 is 11.1 Å². The van der Waals surface area contributed by atoms with Crippen LogP contribution in [0.15, 0.2) is 15.7 Å². The summed E-state index contributed by atoms with van der Waals surface area (Å²) in [6, 6.07) is 1.91. The first kappa shape index (κ1) is 11.2. The van der Waals surface area contributed by atoms with Gasteiger partial charge in [-0.15, -0.1) is 0 Å². The standard InChI is InChI=1S/C13H14N2O3/c1-7-5-10-11-9(8(7)2)6-18-4-3-15(11)13(17)12(16)14-10/h5H,3-4,6H2,1-2H3,(H,14,16). The van der Waals surface area contributed by atoms with Crippen molar-refractivity contribution in [3.05, 3.63) is 43.5 Å². The van der Waals surface area contributed by atoms with E-state index in [1.165, 1.54) is 4.57 Å². The lowest BCUT2D eigenvalue weighted by Crippen LogP contribution is -2.37. The average Bonchev–Trinajstić information content (AvgIpc) is 2.56. The molecule has 0 fully saturated rings. The van der Waals surface area contributed by atoms with Crippen LogP contribution in [0.5, 0.6) is 0 Å². The molecule has 2 heterocycles. The summed E-state index contributed by atoms with van der Waals surface area (Å²) in [5.41, 5.74) is 3.64. The lowest BCUT2D eigenvalue weighted by atomic mass is 10.0. The molecule has 0 radical (unpaired) electrons. The summed E-state index contributed by atoms with van der Waals surface area (Å²) in [7, 11) is 0. The van der Waals surface area contributed by atoms with Gasteiger partial charge in [0.2, 0.25) is 0 Å². The Morgan fingerprint density at radius 1 is 1.33 bits per heavy atom. The number of aromatic nitrogens is 2. The molecule has 0 saturated heterocycles. The van der Waals surface area contributed by atoms with Crippen LogP contribution in [-0.2, 0) is 17.9 Å². The van der Waals surface area contributed by atoms with Gasteiger partial charge in [0.1, 0.15) is 0 Å². The minimum atomic E-state index is -0.571. The molecule has 1 aromatic heterocycles. The van der Waals surface area contributed by atoms with Crippen molar-refractivity contribution < 1.29 is 4.74 Å². The molecule has 94 valence electrons. The normalized spacial score (nSPS) is 14.8. The van der Waals surface area contributed by atoms with Crippen LogP contribution >= 0.6 is 0 Å². The van der Waals surface area contributed by atoms with Gasteiger partial charge >= 0.3 is 11.1 Å². The third-order valence-electron chi connectivity index (χ3n) is 3.61. The van der Waals surface area contributed by atoms with Gasteiger partial charge in [0.05, 0.1) is 24.2 Å². The highest BCUT2D eigenvalue weighted by atomic mass is 16.5. The van der Waals surface area contributed by atoms with Crippen molar-refractivity contribution in [2.24, 2.45) is 0 Å². The van der Waals surface area contributed by atoms with Gasteiger partial charge < -0.3 is 9.72 Å². The predicted molar refractivity (Wildman–Crippen MR) is 68.0 cm³/mol. The van der Waals surface area contributed by atoms with Crippen LogP contribution in [0.2, 0.25) is 0 Å². The molecule has 1 N–H and O–H groups in total. The highest BCUT2D eigenvalue weighted by Gasteiger charge is 2.17. The van der Waals surface area contributed by atoms with Crippen LogP contribution < -0.4 is 11.1 Å². The average molecular weight is 246 g/mol. The molecule has 5 heteroatoms. The SMILES string of the molecule is Cc1cc2[nH]c(=O)c(=O)n3c2c(c1C)COCC3. The number of nitrogens with one attached hydrogen (secondary N) is 1. The Morgan fingerprint density at radius 3 is 2.89 bits per heavy atom. The molecule has 0 bridgehead atoms. The van der Waals surface area contributed by atoms with E-state index in [1.807, 2.05) is 19.9 Å². The maximum Gasteiger partial charge on any atom is 0.316 e. The highest BCUT2D eigenvalue weighted by Crippen LogP contribution is 2.25. The highest BCUT2D eigenvalue weighted by molar-refractivity contribution is 5.81. The van der Waals surface area contributed by atoms with Gasteiger partial charge in [-0.1, -0.05) is 0 Å². The number of ether oxygens (including phenoxy) is 1. The Bertz CT molecular complexity index is 755. The van der Waals surface area contributed by atoms with Gasteiger partial charge in [0.25, 0.3) is 0 Å². The fraction of sp³-hybridized carbons (Fsp3) is 0.385. The fourth-order valence-electron chi connectivity index (χ4n) is 2.49. The number of benzene rings is 1. The minimum absolute atomic E-state index is 0.425. The quantitative estimate of drug-likeness (QED) is 0.700. The number of rotatable bonds is 0. The van der Waals surface area contributed by atoms with Gasteiger partial charge in [-0.25, -0.2) is 0 Å². The van der Waals surface area contributed by atoms with Crippen LogP contribution in [0.3, 0.4) is 0 Å². The largest absolute Gasteiger partial charge is 0.375 e. The summed E-state index contributed by atoms with van der Waals surface area (Å²) in [6.45, 7) is 5.36. The van der Waals surface area contributed by atoms with E-state index in [-0.39, 0.29) is 0 Å². The van der Waals surface area contributed by atoms with E-state index in [2.05, 4.69) is 4.98 Å². The summed E-state index contributed by atoms with van der Waals surface area (Å²) in [5.74, 6) is 0. The molecule has 0 spiro atoms. The van der Waals surface area contributed by atoms with Crippen LogP contribution in [0.25, 0.3) is 11.0 Å². The molecule has 3 rings (SSSR count). The Kier molecular flexibility index (Phi) is 2.38.